The van der Waals surface area contributed by atoms with Gasteiger partial charge in [0.2, 0.25) is 5.88 Å². The molecule has 0 saturated carbocycles. The number of nitrogens with one attached hydrogen (secondary N) is 1. The molecule has 2 aromatic carbocycles. The van der Waals surface area contributed by atoms with Crippen LogP contribution in [0.2, 0.25) is 10.0 Å². The van der Waals surface area contributed by atoms with E-state index in [2.05, 4.69) is 20.6 Å². The normalized spacial score (nSPS) is 10.8. The number of carbonyl (C=O) groups excluding carboxylic acids is 1. The molecular weight excluding hydrogens is 459 g/mol. The standard InChI is InChI=1S/C20H14Cl2N6O4/c21-14-4-2-1-3-13(14)19-25-24-17-7-8-18(26-27(17)19)32-10-9-23-20(29)12-5-6-15(22)16(11-12)28(30)31/h1-8,11H,9-10H2,(H,23,29). The number of nitro benzene ring substituents is 1. The molecule has 0 aliphatic carbocycles. The molecule has 0 fully saturated rings. The topological polar surface area (TPSA) is 125 Å². The second-order valence-corrected chi connectivity index (χ2v) is 7.29. The number of fused-ring (bicyclic) bond motifs is 1. The average molecular weight is 473 g/mol. The predicted molar refractivity (Wildman–Crippen MR) is 117 cm³/mol. The van der Waals surface area contributed by atoms with Crippen LogP contribution in [0.4, 0.5) is 5.69 Å². The van der Waals surface area contributed by atoms with Crippen LogP contribution in [0.1, 0.15) is 10.4 Å². The fourth-order valence-corrected chi connectivity index (χ4v) is 3.28. The van der Waals surface area contributed by atoms with Gasteiger partial charge in [0.15, 0.2) is 11.5 Å². The molecule has 0 aliphatic rings. The van der Waals surface area contributed by atoms with E-state index < -0.39 is 10.8 Å². The van der Waals surface area contributed by atoms with Gasteiger partial charge in [0.05, 0.1) is 16.5 Å². The number of carbonyl (C=O) groups is 1. The third kappa shape index (κ3) is 4.46. The Balaban J connectivity index is 1.40. The smallest absolute Gasteiger partial charge is 0.288 e. The number of hydrogen-bond donors (Lipinski definition) is 1. The van der Waals surface area contributed by atoms with Crippen LogP contribution in [-0.4, -0.2) is 43.8 Å². The van der Waals surface area contributed by atoms with Gasteiger partial charge in [0.1, 0.15) is 11.6 Å². The maximum atomic E-state index is 12.2. The molecular formula is C20H14Cl2N6O4. The Morgan fingerprint density at radius 2 is 1.91 bits per heavy atom. The van der Waals surface area contributed by atoms with E-state index in [-0.39, 0.29) is 29.4 Å². The molecule has 0 bridgehead atoms. The van der Waals surface area contributed by atoms with E-state index in [9.17, 15) is 14.9 Å². The summed E-state index contributed by atoms with van der Waals surface area (Å²) in [6.07, 6.45) is 0. The molecule has 32 heavy (non-hydrogen) atoms. The van der Waals surface area contributed by atoms with Crippen molar-refractivity contribution < 1.29 is 14.5 Å². The lowest BCUT2D eigenvalue weighted by atomic mass is 10.2. The zero-order valence-corrected chi connectivity index (χ0v) is 17.7. The summed E-state index contributed by atoms with van der Waals surface area (Å²) in [5.74, 6) is 0.271. The van der Waals surface area contributed by atoms with Crippen LogP contribution in [0, 0.1) is 10.1 Å². The Kier molecular flexibility index (Phi) is 6.15. The van der Waals surface area contributed by atoms with Gasteiger partial charge in [-0.1, -0.05) is 35.3 Å². The largest absolute Gasteiger partial charge is 0.475 e. The molecule has 2 heterocycles. The van der Waals surface area contributed by atoms with Crippen molar-refractivity contribution in [2.45, 2.75) is 0 Å². The Hall–Kier alpha value is -3.76. The van der Waals surface area contributed by atoms with Crippen LogP contribution >= 0.6 is 23.2 Å². The van der Waals surface area contributed by atoms with Crippen molar-refractivity contribution in [1.29, 1.82) is 0 Å². The maximum absolute atomic E-state index is 12.2. The summed E-state index contributed by atoms with van der Waals surface area (Å²) in [6.45, 7) is 0.262. The summed E-state index contributed by atoms with van der Waals surface area (Å²) >= 11 is 12.0. The summed E-state index contributed by atoms with van der Waals surface area (Å²) in [5, 5.41) is 26.7. The minimum atomic E-state index is -0.647. The fraction of sp³-hybridized carbons (Fsp3) is 0.100. The summed E-state index contributed by atoms with van der Waals surface area (Å²) in [4.78, 5) is 22.6. The second kappa shape index (κ2) is 9.16. The van der Waals surface area contributed by atoms with E-state index >= 15 is 0 Å². The number of hydrogen-bond acceptors (Lipinski definition) is 7. The third-order valence-corrected chi connectivity index (χ3v) is 5.04. The van der Waals surface area contributed by atoms with E-state index in [4.69, 9.17) is 27.9 Å². The molecule has 0 unspecified atom stereocenters. The minimum Gasteiger partial charge on any atom is -0.475 e. The molecule has 162 valence electrons. The van der Waals surface area contributed by atoms with E-state index in [0.29, 0.717) is 27.9 Å². The predicted octanol–water partition coefficient (Wildman–Crippen LogP) is 3.82. The van der Waals surface area contributed by atoms with Gasteiger partial charge in [-0.05, 0) is 30.3 Å². The second-order valence-electron chi connectivity index (χ2n) is 6.47. The van der Waals surface area contributed by atoms with Crippen LogP contribution in [0.15, 0.2) is 54.6 Å². The lowest BCUT2D eigenvalue weighted by molar-refractivity contribution is -0.384. The highest BCUT2D eigenvalue weighted by molar-refractivity contribution is 6.33. The van der Waals surface area contributed by atoms with Crippen molar-refractivity contribution in [3.8, 4) is 17.3 Å². The highest BCUT2D eigenvalue weighted by Gasteiger charge is 2.16. The number of nitrogens with zero attached hydrogens (tertiary/aromatic N) is 5. The first-order valence-corrected chi connectivity index (χ1v) is 10.0. The Bertz CT molecular complexity index is 1330. The first-order valence-electron chi connectivity index (χ1n) is 9.26. The molecule has 1 N–H and O–H groups in total. The first-order chi connectivity index (χ1) is 15.4. The van der Waals surface area contributed by atoms with Gasteiger partial charge >= 0.3 is 0 Å². The van der Waals surface area contributed by atoms with E-state index in [1.54, 1.807) is 18.2 Å². The number of amides is 1. The van der Waals surface area contributed by atoms with Gasteiger partial charge in [0.25, 0.3) is 11.6 Å². The maximum Gasteiger partial charge on any atom is 0.288 e. The van der Waals surface area contributed by atoms with Crippen LogP contribution in [-0.2, 0) is 0 Å². The van der Waals surface area contributed by atoms with Crippen LogP contribution < -0.4 is 10.1 Å². The van der Waals surface area contributed by atoms with Crippen molar-refractivity contribution in [2.75, 3.05) is 13.2 Å². The molecule has 10 nitrogen and oxygen atoms in total. The van der Waals surface area contributed by atoms with Gasteiger partial charge in [-0.3, -0.25) is 14.9 Å². The molecule has 12 heteroatoms. The van der Waals surface area contributed by atoms with Gasteiger partial charge in [-0.15, -0.1) is 15.3 Å². The SMILES string of the molecule is O=C(NCCOc1ccc2nnc(-c3ccccc3Cl)n2n1)c1ccc(Cl)c([N+](=O)[O-])c1. The molecule has 0 saturated heterocycles. The average Bonchev–Trinajstić information content (AvgIpc) is 3.20. The summed E-state index contributed by atoms with van der Waals surface area (Å²) in [7, 11) is 0. The van der Waals surface area contributed by atoms with Crippen molar-refractivity contribution in [3.63, 3.8) is 0 Å². The zero-order valence-electron chi connectivity index (χ0n) is 16.2. The molecule has 0 radical (unpaired) electrons. The number of benzene rings is 2. The molecule has 0 aliphatic heterocycles. The van der Waals surface area contributed by atoms with Gasteiger partial charge in [-0.2, -0.15) is 4.52 Å². The lowest BCUT2D eigenvalue weighted by Gasteiger charge is -2.08. The molecule has 0 atom stereocenters. The fourth-order valence-electron chi connectivity index (χ4n) is 2.88. The minimum absolute atomic E-state index is 0.0403. The van der Waals surface area contributed by atoms with Gasteiger partial charge < -0.3 is 10.1 Å². The van der Waals surface area contributed by atoms with Crippen LogP contribution in [0.25, 0.3) is 17.0 Å². The van der Waals surface area contributed by atoms with Crippen molar-refractivity contribution >= 4 is 40.4 Å². The Morgan fingerprint density at radius 3 is 2.69 bits per heavy atom. The third-order valence-electron chi connectivity index (χ3n) is 4.40. The van der Waals surface area contributed by atoms with Gasteiger partial charge in [-0.25, -0.2) is 0 Å². The number of halogens is 2. The number of ether oxygens (including phenoxy) is 1. The first kappa shape index (κ1) is 21.5. The Morgan fingerprint density at radius 1 is 1.09 bits per heavy atom. The summed E-state index contributed by atoms with van der Waals surface area (Å²) < 4.78 is 7.12. The molecule has 4 rings (SSSR count). The zero-order chi connectivity index (χ0) is 22.7. The van der Waals surface area contributed by atoms with Crippen molar-refractivity contribution in [2.24, 2.45) is 0 Å². The van der Waals surface area contributed by atoms with E-state index in [0.717, 1.165) is 6.07 Å². The van der Waals surface area contributed by atoms with E-state index in [1.165, 1.54) is 16.6 Å². The molecule has 2 aromatic heterocycles. The highest BCUT2D eigenvalue weighted by atomic mass is 35.5. The summed E-state index contributed by atoms with van der Waals surface area (Å²) in [5.41, 5.74) is 0.978. The summed E-state index contributed by atoms with van der Waals surface area (Å²) in [6, 6.07) is 14.4. The monoisotopic (exact) mass is 472 g/mol. The quantitative estimate of drug-likeness (QED) is 0.246. The van der Waals surface area contributed by atoms with Crippen molar-refractivity contribution in [1.82, 2.24) is 25.1 Å². The highest BCUT2D eigenvalue weighted by Crippen LogP contribution is 2.27. The molecule has 0 spiro atoms. The van der Waals surface area contributed by atoms with Crippen molar-refractivity contribution in [3.05, 3.63) is 80.3 Å². The van der Waals surface area contributed by atoms with Gasteiger partial charge in [0, 0.05) is 23.3 Å². The molecule has 1 amide bonds. The van der Waals surface area contributed by atoms with Crippen LogP contribution in [0.5, 0.6) is 5.88 Å². The Labute approximate surface area is 190 Å². The van der Waals surface area contributed by atoms with Crippen LogP contribution in [0.3, 0.4) is 0 Å². The number of aromatic nitrogens is 4. The van der Waals surface area contributed by atoms with E-state index in [1.807, 2.05) is 18.2 Å². The number of nitro groups is 1. The molecule has 4 aromatic rings. The number of rotatable bonds is 7. The lowest BCUT2D eigenvalue weighted by Crippen LogP contribution is -2.28.